The minimum atomic E-state index is -4.63. The molecule has 1 amide bonds. The highest BCUT2D eigenvalue weighted by Crippen LogP contribution is 2.18. The second kappa shape index (κ2) is 9.57. The highest BCUT2D eigenvalue weighted by atomic mass is 32.2. The van der Waals surface area contributed by atoms with E-state index >= 15 is 0 Å². The Labute approximate surface area is 134 Å². The third-order valence-corrected chi connectivity index (χ3v) is 4.47. The van der Waals surface area contributed by atoms with Crippen molar-refractivity contribution in [3.63, 3.8) is 0 Å². The minimum absolute atomic E-state index is 0.213. The Kier molecular flexibility index (Phi) is 8.11. The Bertz CT molecular complexity index is 588. The number of unbranched alkanes of at least 4 members (excludes halogenated alkanes) is 1. The van der Waals surface area contributed by atoms with Gasteiger partial charge in [0, 0.05) is 25.3 Å². The van der Waals surface area contributed by atoms with Gasteiger partial charge in [-0.15, -0.1) is 0 Å². The van der Waals surface area contributed by atoms with Crippen molar-refractivity contribution in [2.75, 3.05) is 19.8 Å². The zero-order chi connectivity index (χ0) is 17.3. The molecule has 0 aliphatic carbocycles. The van der Waals surface area contributed by atoms with Crippen LogP contribution in [0.1, 0.15) is 36.5 Å². The predicted molar refractivity (Wildman–Crippen MR) is 82.3 cm³/mol. The van der Waals surface area contributed by atoms with Crippen LogP contribution >= 0.6 is 0 Å². The van der Waals surface area contributed by atoms with Crippen molar-refractivity contribution >= 4 is 15.7 Å². The van der Waals surface area contributed by atoms with Crippen LogP contribution in [0.2, 0.25) is 0 Å². The summed E-state index contributed by atoms with van der Waals surface area (Å²) in [7, 11) is -4.63. The van der Waals surface area contributed by atoms with Crippen molar-refractivity contribution in [2.24, 2.45) is 0 Å². The van der Waals surface area contributed by atoms with E-state index in [1.165, 1.54) is 12.1 Å². The number of amides is 1. The first-order chi connectivity index (χ1) is 10.9. The second-order valence-corrected chi connectivity index (χ2v) is 6.82. The van der Waals surface area contributed by atoms with Crippen LogP contribution in [-0.4, -0.2) is 39.8 Å². The molecule has 130 valence electrons. The number of ether oxygens (including phenoxy) is 1. The fourth-order valence-electron chi connectivity index (χ4n) is 1.73. The zero-order valence-electron chi connectivity index (χ0n) is 12.9. The Morgan fingerprint density at radius 2 is 1.78 bits per heavy atom. The lowest BCUT2D eigenvalue weighted by atomic mass is 10.2. The first-order valence-electron chi connectivity index (χ1n) is 7.37. The van der Waals surface area contributed by atoms with E-state index in [9.17, 15) is 22.0 Å². The normalized spacial score (nSPS) is 11.7. The molecule has 0 heterocycles. The maximum absolute atomic E-state index is 12.4. The van der Waals surface area contributed by atoms with E-state index in [0.717, 1.165) is 25.0 Å². The Morgan fingerprint density at radius 1 is 1.17 bits per heavy atom. The van der Waals surface area contributed by atoms with Crippen molar-refractivity contribution in [1.82, 2.24) is 5.32 Å². The topological polar surface area (TPSA) is 72.5 Å². The number of carbonyl (C=O) groups is 1. The van der Waals surface area contributed by atoms with Gasteiger partial charge in [0.2, 0.25) is 9.84 Å². The molecule has 1 aromatic carbocycles. The smallest absolute Gasteiger partial charge is 0.341 e. The molecule has 0 radical (unpaired) electrons. The number of benzene rings is 1. The number of hydrogen-bond acceptors (Lipinski definition) is 4. The largest absolute Gasteiger partial charge is 0.381 e. The maximum atomic E-state index is 12.4. The molecule has 1 N–H and O–H groups in total. The molecule has 0 unspecified atom stereocenters. The summed E-state index contributed by atoms with van der Waals surface area (Å²) in [5, 5.41) is 2.65. The van der Waals surface area contributed by atoms with E-state index in [-0.39, 0.29) is 11.5 Å². The van der Waals surface area contributed by atoms with Crippen LogP contribution in [0.25, 0.3) is 0 Å². The maximum Gasteiger partial charge on any atom is 0.341 e. The molecule has 23 heavy (non-hydrogen) atoms. The molecule has 0 saturated heterocycles. The van der Waals surface area contributed by atoms with Gasteiger partial charge in [0.05, 0.1) is 4.90 Å². The summed E-state index contributed by atoms with van der Waals surface area (Å²) in [4.78, 5) is 11.3. The van der Waals surface area contributed by atoms with Crippen molar-refractivity contribution in [1.29, 1.82) is 0 Å². The Morgan fingerprint density at radius 3 is 2.35 bits per heavy atom. The third-order valence-electron chi connectivity index (χ3n) is 3.07. The molecule has 1 rings (SSSR count). The van der Waals surface area contributed by atoms with Crippen molar-refractivity contribution < 1.29 is 26.7 Å². The molecule has 8 heteroatoms. The van der Waals surface area contributed by atoms with Crippen molar-refractivity contribution in [3.05, 3.63) is 29.8 Å². The summed E-state index contributed by atoms with van der Waals surface area (Å²) < 4.78 is 52.7. The van der Waals surface area contributed by atoms with Crippen LogP contribution in [0.5, 0.6) is 0 Å². The van der Waals surface area contributed by atoms with E-state index < -0.39 is 20.5 Å². The van der Waals surface area contributed by atoms with E-state index in [1.807, 2.05) is 0 Å². The van der Waals surface area contributed by atoms with E-state index in [0.29, 0.717) is 26.2 Å². The molecule has 0 aromatic heterocycles. The van der Waals surface area contributed by atoms with Crippen molar-refractivity contribution in [2.45, 2.75) is 36.8 Å². The van der Waals surface area contributed by atoms with E-state index in [2.05, 4.69) is 12.2 Å². The molecule has 0 aliphatic rings. The number of sulfone groups is 1. The minimum Gasteiger partial charge on any atom is -0.381 e. The molecule has 0 spiro atoms. The summed E-state index contributed by atoms with van der Waals surface area (Å²) in [6, 6.07) is 4.43. The van der Waals surface area contributed by atoms with Crippen LogP contribution < -0.4 is 5.32 Å². The highest BCUT2D eigenvalue weighted by Gasteiger charge is 2.26. The predicted octanol–water partition coefficient (Wildman–Crippen LogP) is 2.62. The number of hydrogen-bond donors (Lipinski definition) is 1. The zero-order valence-corrected chi connectivity index (χ0v) is 13.7. The van der Waals surface area contributed by atoms with Gasteiger partial charge in [0.15, 0.2) is 0 Å². The van der Waals surface area contributed by atoms with E-state index in [4.69, 9.17) is 4.74 Å². The molecular formula is C15H21F2NO4S. The number of carbonyl (C=O) groups excluding carboxylic acids is 1. The summed E-state index contributed by atoms with van der Waals surface area (Å²) >= 11 is 0. The highest BCUT2D eigenvalue weighted by molar-refractivity contribution is 7.91. The number of nitrogens with one attached hydrogen (secondary N) is 1. The fraction of sp³-hybridized carbons (Fsp3) is 0.533. The summed E-state index contributed by atoms with van der Waals surface area (Å²) in [5.74, 6) is -3.87. The summed E-state index contributed by atoms with van der Waals surface area (Å²) in [6.45, 7) is 3.74. The lowest BCUT2D eigenvalue weighted by Gasteiger charge is -2.07. The first kappa shape index (κ1) is 19.5. The van der Waals surface area contributed by atoms with Crippen LogP contribution in [0, 0.1) is 0 Å². The lowest BCUT2D eigenvalue weighted by molar-refractivity contribution is 0.0940. The molecule has 0 bridgehead atoms. The quantitative estimate of drug-likeness (QED) is 0.659. The van der Waals surface area contributed by atoms with Crippen LogP contribution in [0.4, 0.5) is 8.78 Å². The van der Waals surface area contributed by atoms with Crippen molar-refractivity contribution in [3.8, 4) is 0 Å². The van der Waals surface area contributed by atoms with Crippen LogP contribution in [-0.2, 0) is 14.6 Å². The van der Waals surface area contributed by atoms with Crippen LogP contribution in [0.3, 0.4) is 0 Å². The Balaban J connectivity index is 2.43. The molecule has 0 atom stereocenters. The lowest BCUT2D eigenvalue weighted by Crippen LogP contribution is -2.25. The van der Waals surface area contributed by atoms with Gasteiger partial charge >= 0.3 is 5.76 Å². The fourth-order valence-corrected chi connectivity index (χ4v) is 2.45. The van der Waals surface area contributed by atoms with Gasteiger partial charge in [-0.2, -0.15) is 8.78 Å². The average molecular weight is 349 g/mol. The molecule has 0 fully saturated rings. The van der Waals surface area contributed by atoms with Gasteiger partial charge < -0.3 is 10.1 Å². The molecule has 5 nitrogen and oxygen atoms in total. The molecular weight excluding hydrogens is 328 g/mol. The number of rotatable bonds is 10. The molecule has 0 saturated carbocycles. The summed E-state index contributed by atoms with van der Waals surface area (Å²) in [5.41, 5.74) is 0.213. The number of halogens is 2. The first-order valence-corrected chi connectivity index (χ1v) is 8.92. The third kappa shape index (κ3) is 6.23. The SMILES string of the molecule is CCCCOCCCNC(=O)c1ccc(S(=O)(=O)C(F)F)cc1. The van der Waals surface area contributed by atoms with E-state index in [1.54, 1.807) is 0 Å². The summed E-state index contributed by atoms with van der Waals surface area (Å²) in [6.07, 6.45) is 2.72. The standard InChI is InChI=1S/C15H21F2NO4S/c1-2-3-10-22-11-4-9-18-14(19)12-5-7-13(8-6-12)23(20,21)15(16)17/h5-8,15H,2-4,9-11H2,1H3,(H,18,19). The van der Waals surface area contributed by atoms with Gasteiger partial charge in [0.25, 0.3) is 5.91 Å². The monoisotopic (exact) mass is 349 g/mol. The molecule has 1 aromatic rings. The second-order valence-electron chi connectivity index (χ2n) is 4.91. The van der Waals surface area contributed by atoms with Gasteiger partial charge in [-0.1, -0.05) is 13.3 Å². The number of alkyl halides is 2. The molecule has 0 aliphatic heterocycles. The van der Waals surface area contributed by atoms with Gasteiger partial charge in [-0.3, -0.25) is 4.79 Å². The average Bonchev–Trinajstić information content (AvgIpc) is 2.53. The van der Waals surface area contributed by atoms with Gasteiger partial charge in [-0.05, 0) is 37.1 Å². The van der Waals surface area contributed by atoms with Gasteiger partial charge in [0.1, 0.15) is 0 Å². The van der Waals surface area contributed by atoms with Crippen LogP contribution in [0.15, 0.2) is 29.2 Å². The van der Waals surface area contributed by atoms with Gasteiger partial charge in [-0.25, -0.2) is 8.42 Å². The Hall–Kier alpha value is -1.54.